The normalized spacial score (nSPS) is 25.1. The molecule has 3 fully saturated rings. The number of fused-ring (bicyclic) bond motifs is 2. The number of H-pyrrole nitrogens is 1. The van der Waals surface area contributed by atoms with Gasteiger partial charge in [-0.3, -0.25) is 9.78 Å². The quantitative estimate of drug-likeness (QED) is 0.862. The summed E-state index contributed by atoms with van der Waals surface area (Å²) in [6.07, 6.45) is 2.36. The minimum atomic E-state index is -0.539. The molecule has 132 valence electrons. The van der Waals surface area contributed by atoms with E-state index in [0.29, 0.717) is 12.1 Å². The first-order chi connectivity index (χ1) is 11.7. The van der Waals surface area contributed by atoms with Gasteiger partial charge in [-0.15, -0.1) is 0 Å². The zero-order valence-corrected chi connectivity index (χ0v) is 14.4. The predicted molar refractivity (Wildman–Crippen MR) is 90.0 cm³/mol. The summed E-state index contributed by atoms with van der Waals surface area (Å²) in [4.78, 5) is 33.3. The van der Waals surface area contributed by atoms with E-state index in [1.807, 2.05) is 20.8 Å². The molecule has 2 aromatic heterocycles. The van der Waals surface area contributed by atoms with Crippen molar-refractivity contribution in [2.24, 2.45) is 0 Å². The van der Waals surface area contributed by atoms with Crippen LogP contribution in [0, 0.1) is 5.82 Å². The van der Waals surface area contributed by atoms with Crippen LogP contribution in [0.3, 0.4) is 0 Å². The van der Waals surface area contributed by atoms with E-state index in [4.69, 9.17) is 4.74 Å². The Labute approximate surface area is 144 Å². The Morgan fingerprint density at radius 1 is 1.40 bits per heavy atom. The maximum atomic E-state index is 13.3. The molecular weight excluding hydrogens is 325 g/mol. The van der Waals surface area contributed by atoms with Gasteiger partial charge in [0.2, 0.25) is 0 Å². The summed E-state index contributed by atoms with van der Waals surface area (Å²) in [6, 6.07) is 3.12. The largest absolute Gasteiger partial charge is 0.444 e. The summed E-state index contributed by atoms with van der Waals surface area (Å²) in [5, 5.41) is 0.234. The third-order valence-electron chi connectivity index (χ3n) is 5.02. The Bertz CT molecular complexity index is 925. The lowest BCUT2D eigenvalue weighted by Crippen LogP contribution is -2.41. The van der Waals surface area contributed by atoms with Crippen molar-refractivity contribution in [3.8, 4) is 0 Å². The van der Waals surface area contributed by atoms with Crippen molar-refractivity contribution in [1.82, 2.24) is 14.9 Å². The molecule has 0 aromatic carbocycles. The molecule has 0 radical (unpaired) electrons. The number of nitrogens with one attached hydrogen (secondary N) is 1. The maximum Gasteiger partial charge on any atom is 0.410 e. The average Bonchev–Trinajstić information content (AvgIpc) is 3.02. The Morgan fingerprint density at radius 3 is 2.80 bits per heavy atom. The minimum absolute atomic E-state index is 0.134. The average molecular weight is 345 g/mol. The molecule has 4 heterocycles. The number of carbonyl (C=O) groups excluding carboxylic acids is 1. The highest BCUT2D eigenvalue weighted by atomic mass is 19.1. The summed E-state index contributed by atoms with van der Waals surface area (Å²) >= 11 is 0. The number of hydrogen-bond acceptors (Lipinski definition) is 4. The van der Waals surface area contributed by atoms with Gasteiger partial charge in [0.25, 0.3) is 5.56 Å². The molecule has 1 aliphatic carbocycles. The van der Waals surface area contributed by atoms with Crippen LogP contribution in [0.5, 0.6) is 0 Å². The molecule has 2 saturated heterocycles. The van der Waals surface area contributed by atoms with Gasteiger partial charge in [-0.05, 0) is 45.7 Å². The molecule has 1 saturated carbocycles. The minimum Gasteiger partial charge on any atom is -0.444 e. The third-order valence-corrected chi connectivity index (χ3v) is 5.02. The molecule has 0 atom stereocenters. The van der Waals surface area contributed by atoms with Crippen molar-refractivity contribution in [2.45, 2.75) is 50.7 Å². The van der Waals surface area contributed by atoms with Crippen LogP contribution in [0.1, 0.15) is 39.3 Å². The molecule has 0 unspecified atom stereocenters. The number of nitrogens with zero attached hydrogens (tertiary/aromatic N) is 2. The topological polar surface area (TPSA) is 75.3 Å². The molecule has 1 N–H and O–H groups in total. The second-order valence-corrected chi connectivity index (χ2v) is 8.05. The number of hydrogen-bond donors (Lipinski definition) is 1. The predicted octanol–water partition coefficient (Wildman–Crippen LogP) is 2.71. The van der Waals surface area contributed by atoms with Crippen molar-refractivity contribution in [3.63, 3.8) is 0 Å². The van der Waals surface area contributed by atoms with E-state index in [1.165, 1.54) is 6.07 Å². The molecule has 25 heavy (non-hydrogen) atoms. The lowest BCUT2D eigenvalue weighted by molar-refractivity contribution is 0.0246. The number of ether oxygens (including phenoxy) is 1. The van der Waals surface area contributed by atoms with Crippen LogP contribution < -0.4 is 5.56 Å². The number of rotatable bonds is 1. The second-order valence-electron chi connectivity index (χ2n) is 8.05. The van der Waals surface area contributed by atoms with Gasteiger partial charge in [-0.2, -0.15) is 0 Å². The van der Waals surface area contributed by atoms with Gasteiger partial charge in [-0.1, -0.05) is 0 Å². The van der Waals surface area contributed by atoms with Gasteiger partial charge in [0.1, 0.15) is 11.4 Å². The molecule has 2 aliphatic heterocycles. The SMILES string of the molecule is CC(C)(C)OC(=O)N1CC2(c3cc4ncc(F)cc4c(=O)[nH]3)CC1C2. The van der Waals surface area contributed by atoms with E-state index in [0.717, 1.165) is 24.7 Å². The highest BCUT2D eigenvalue weighted by Gasteiger charge is 2.58. The van der Waals surface area contributed by atoms with E-state index in [1.54, 1.807) is 11.0 Å². The first-order valence-corrected chi connectivity index (χ1v) is 8.36. The van der Waals surface area contributed by atoms with E-state index >= 15 is 0 Å². The number of aromatic amines is 1. The number of carbonyl (C=O) groups is 1. The van der Waals surface area contributed by atoms with Crippen LogP contribution in [-0.2, 0) is 10.2 Å². The van der Waals surface area contributed by atoms with E-state index in [-0.39, 0.29) is 28.5 Å². The molecule has 1 amide bonds. The fraction of sp³-hybridized carbons (Fsp3) is 0.500. The second kappa shape index (κ2) is 5.03. The van der Waals surface area contributed by atoms with E-state index in [9.17, 15) is 14.0 Å². The molecule has 2 bridgehead atoms. The highest BCUT2D eigenvalue weighted by molar-refractivity contribution is 5.78. The third kappa shape index (κ3) is 2.58. The Hall–Kier alpha value is -2.44. The van der Waals surface area contributed by atoms with Gasteiger partial charge in [-0.25, -0.2) is 9.18 Å². The summed E-state index contributed by atoms with van der Waals surface area (Å²) < 4.78 is 18.8. The van der Waals surface area contributed by atoms with Crippen LogP contribution in [0.25, 0.3) is 10.9 Å². The van der Waals surface area contributed by atoms with Crippen LogP contribution in [0.4, 0.5) is 9.18 Å². The number of amides is 1. The standard InChI is InChI=1S/C18H20FN3O3/c1-17(2,3)25-16(24)22-9-18(6-11(22)7-18)14-5-13-12(15(23)21-14)4-10(19)8-20-13/h4-5,8,11H,6-7,9H2,1-3H3,(H,21,23). The molecule has 6 nitrogen and oxygen atoms in total. The van der Waals surface area contributed by atoms with Gasteiger partial charge >= 0.3 is 6.09 Å². The highest BCUT2D eigenvalue weighted by Crippen LogP contribution is 2.53. The lowest BCUT2D eigenvalue weighted by Gasteiger charge is -2.36. The van der Waals surface area contributed by atoms with Gasteiger partial charge in [0.05, 0.1) is 17.1 Å². The van der Waals surface area contributed by atoms with Crippen LogP contribution in [0.2, 0.25) is 0 Å². The zero-order chi connectivity index (χ0) is 18.0. The fourth-order valence-corrected chi connectivity index (χ4v) is 3.88. The number of pyridine rings is 2. The summed E-state index contributed by atoms with van der Waals surface area (Å²) in [7, 11) is 0. The monoisotopic (exact) mass is 345 g/mol. The summed E-state index contributed by atoms with van der Waals surface area (Å²) in [5.74, 6) is -0.537. The molecule has 2 aromatic rings. The van der Waals surface area contributed by atoms with Crippen LogP contribution in [0.15, 0.2) is 23.1 Å². The van der Waals surface area contributed by atoms with Crippen LogP contribution >= 0.6 is 0 Å². The van der Waals surface area contributed by atoms with Gasteiger partial charge in [0.15, 0.2) is 0 Å². The van der Waals surface area contributed by atoms with Gasteiger partial charge in [0, 0.05) is 23.7 Å². The van der Waals surface area contributed by atoms with Crippen molar-refractivity contribution < 1.29 is 13.9 Å². The Morgan fingerprint density at radius 2 is 2.12 bits per heavy atom. The smallest absolute Gasteiger partial charge is 0.410 e. The number of aromatic nitrogens is 2. The molecule has 5 rings (SSSR count). The van der Waals surface area contributed by atoms with Crippen LogP contribution in [-0.4, -0.2) is 39.1 Å². The summed E-state index contributed by atoms with van der Waals surface area (Å²) in [5.41, 5.74) is 0.0566. The summed E-state index contributed by atoms with van der Waals surface area (Å²) in [6.45, 7) is 6.03. The Balaban J connectivity index is 1.64. The molecule has 7 heteroatoms. The molecular formula is C18H20FN3O3. The van der Waals surface area contributed by atoms with E-state index < -0.39 is 11.4 Å². The first kappa shape index (κ1) is 16.1. The first-order valence-electron chi connectivity index (χ1n) is 8.36. The van der Waals surface area contributed by atoms with Crippen molar-refractivity contribution >= 4 is 17.0 Å². The Kier molecular flexibility index (Phi) is 3.23. The molecule has 0 spiro atoms. The zero-order valence-electron chi connectivity index (χ0n) is 14.4. The van der Waals surface area contributed by atoms with Crippen molar-refractivity contribution in [3.05, 3.63) is 40.2 Å². The maximum absolute atomic E-state index is 13.3. The van der Waals surface area contributed by atoms with Crippen molar-refractivity contribution in [1.29, 1.82) is 0 Å². The number of halogens is 1. The van der Waals surface area contributed by atoms with Gasteiger partial charge < -0.3 is 14.6 Å². The fourth-order valence-electron chi connectivity index (χ4n) is 3.88. The lowest BCUT2D eigenvalue weighted by atomic mass is 9.68. The molecule has 3 aliphatic rings. The van der Waals surface area contributed by atoms with E-state index in [2.05, 4.69) is 9.97 Å². The van der Waals surface area contributed by atoms with Crippen molar-refractivity contribution in [2.75, 3.05) is 6.54 Å².